The van der Waals surface area contributed by atoms with Gasteiger partial charge in [-0.3, -0.25) is 0 Å². The Labute approximate surface area is 135 Å². The molecule has 0 atom stereocenters. The van der Waals surface area contributed by atoms with Crippen molar-refractivity contribution in [3.8, 4) is 0 Å². The molecule has 1 aromatic rings. The van der Waals surface area contributed by atoms with Gasteiger partial charge >= 0.3 is 5.97 Å². The average molecular weight is 399 g/mol. The molecular formula is C12H13BrClNO5S. The van der Waals surface area contributed by atoms with Gasteiger partial charge in [0.15, 0.2) is 0 Å². The number of sulfonamides is 1. The average Bonchev–Trinajstić information content (AvgIpc) is 3.22. The van der Waals surface area contributed by atoms with Crippen LogP contribution in [0.5, 0.6) is 0 Å². The predicted molar refractivity (Wildman–Crippen MR) is 80.1 cm³/mol. The van der Waals surface area contributed by atoms with Crippen molar-refractivity contribution in [2.75, 3.05) is 13.2 Å². The van der Waals surface area contributed by atoms with Crippen LogP contribution in [-0.2, 0) is 10.0 Å². The molecule has 9 heteroatoms. The molecule has 1 aliphatic rings. The van der Waals surface area contributed by atoms with Crippen LogP contribution in [0.3, 0.4) is 0 Å². The Morgan fingerprint density at radius 2 is 2.05 bits per heavy atom. The van der Waals surface area contributed by atoms with Crippen LogP contribution in [0, 0.1) is 0 Å². The first-order valence-electron chi connectivity index (χ1n) is 6.14. The number of aliphatic hydroxyl groups is 1. The number of hydrogen-bond acceptors (Lipinski definition) is 4. The van der Waals surface area contributed by atoms with Crippen molar-refractivity contribution in [3.63, 3.8) is 0 Å². The molecule has 1 aromatic carbocycles. The largest absolute Gasteiger partial charge is 0.478 e. The molecule has 0 radical (unpaired) electrons. The van der Waals surface area contributed by atoms with Crippen LogP contribution in [-0.4, -0.2) is 48.1 Å². The number of aliphatic hydroxyl groups excluding tert-OH is 1. The van der Waals surface area contributed by atoms with Crippen molar-refractivity contribution >= 4 is 43.5 Å². The quantitative estimate of drug-likeness (QED) is 0.763. The van der Waals surface area contributed by atoms with Gasteiger partial charge in [0.05, 0.1) is 22.1 Å². The number of benzene rings is 1. The maximum Gasteiger partial charge on any atom is 0.337 e. The molecule has 0 bridgehead atoms. The van der Waals surface area contributed by atoms with E-state index in [4.69, 9.17) is 21.8 Å². The van der Waals surface area contributed by atoms with Crippen molar-refractivity contribution in [2.24, 2.45) is 0 Å². The topological polar surface area (TPSA) is 94.9 Å². The van der Waals surface area contributed by atoms with E-state index in [1.165, 1.54) is 10.4 Å². The van der Waals surface area contributed by atoms with Gasteiger partial charge in [-0.2, -0.15) is 4.31 Å². The lowest BCUT2D eigenvalue weighted by Gasteiger charge is -2.21. The summed E-state index contributed by atoms with van der Waals surface area (Å²) in [6.45, 7) is -0.314. The van der Waals surface area contributed by atoms with Crippen molar-refractivity contribution in [1.29, 1.82) is 0 Å². The maximum absolute atomic E-state index is 12.6. The van der Waals surface area contributed by atoms with Gasteiger partial charge in [0.1, 0.15) is 0 Å². The molecule has 0 spiro atoms. The van der Waals surface area contributed by atoms with Crippen molar-refractivity contribution in [2.45, 2.75) is 23.8 Å². The summed E-state index contributed by atoms with van der Waals surface area (Å²) in [6, 6.07) is 2.18. The first-order chi connectivity index (χ1) is 9.78. The van der Waals surface area contributed by atoms with Gasteiger partial charge in [0, 0.05) is 17.1 Å². The van der Waals surface area contributed by atoms with E-state index in [-0.39, 0.29) is 39.1 Å². The van der Waals surface area contributed by atoms with E-state index < -0.39 is 16.0 Å². The number of hydrogen-bond donors (Lipinski definition) is 2. The fraction of sp³-hybridized carbons (Fsp3) is 0.417. The van der Waals surface area contributed by atoms with E-state index in [1.54, 1.807) is 0 Å². The van der Waals surface area contributed by atoms with Gasteiger partial charge in [-0.05, 0) is 40.9 Å². The zero-order chi connectivity index (χ0) is 15.8. The van der Waals surface area contributed by atoms with Crippen LogP contribution in [0.2, 0.25) is 5.02 Å². The minimum Gasteiger partial charge on any atom is -0.478 e. The third-order valence-corrected chi connectivity index (χ3v) is 6.30. The first kappa shape index (κ1) is 16.7. The second-order valence-corrected chi connectivity index (χ2v) is 7.77. The molecule has 116 valence electrons. The third kappa shape index (κ3) is 3.40. The van der Waals surface area contributed by atoms with Crippen LogP contribution in [0.25, 0.3) is 0 Å². The van der Waals surface area contributed by atoms with Crippen LogP contribution >= 0.6 is 27.5 Å². The summed E-state index contributed by atoms with van der Waals surface area (Å²) in [7, 11) is -3.87. The SMILES string of the molecule is O=C(O)c1cc(S(=O)(=O)N(CCO)C2CC2)cc(Br)c1Cl. The Kier molecular flexibility index (Phi) is 4.94. The summed E-state index contributed by atoms with van der Waals surface area (Å²) in [6.07, 6.45) is 1.47. The smallest absolute Gasteiger partial charge is 0.337 e. The molecule has 2 N–H and O–H groups in total. The molecule has 2 rings (SSSR count). The van der Waals surface area contributed by atoms with Gasteiger partial charge in [-0.1, -0.05) is 11.6 Å². The highest BCUT2D eigenvalue weighted by Gasteiger charge is 2.38. The highest BCUT2D eigenvalue weighted by molar-refractivity contribution is 9.10. The van der Waals surface area contributed by atoms with E-state index in [0.717, 1.165) is 18.9 Å². The number of rotatable bonds is 6. The number of carboxylic acid groups (broad SMARTS) is 1. The van der Waals surface area contributed by atoms with Gasteiger partial charge in [0.2, 0.25) is 10.0 Å². The standard InChI is InChI=1S/C12H13BrClNO5S/c13-10-6-8(5-9(11(10)14)12(17)18)21(19,20)15(3-4-16)7-1-2-7/h5-7,16H,1-4H2,(H,17,18). The molecule has 0 heterocycles. The van der Waals surface area contributed by atoms with Gasteiger partial charge in [-0.25, -0.2) is 13.2 Å². The normalized spacial score (nSPS) is 15.4. The molecule has 0 unspecified atom stereocenters. The zero-order valence-corrected chi connectivity index (χ0v) is 13.9. The summed E-state index contributed by atoms with van der Waals surface area (Å²) in [4.78, 5) is 11.0. The lowest BCUT2D eigenvalue weighted by Crippen LogP contribution is -2.35. The van der Waals surface area contributed by atoms with E-state index in [9.17, 15) is 13.2 Å². The number of nitrogens with zero attached hydrogens (tertiary/aromatic N) is 1. The van der Waals surface area contributed by atoms with Crippen molar-refractivity contribution in [1.82, 2.24) is 4.31 Å². The summed E-state index contributed by atoms with van der Waals surface area (Å²) < 4.78 is 26.6. The van der Waals surface area contributed by atoms with Crippen LogP contribution in [0.1, 0.15) is 23.2 Å². The van der Waals surface area contributed by atoms with Gasteiger partial charge in [-0.15, -0.1) is 0 Å². The zero-order valence-electron chi connectivity index (χ0n) is 10.8. The molecule has 0 aromatic heterocycles. The van der Waals surface area contributed by atoms with Crippen molar-refractivity contribution in [3.05, 3.63) is 27.2 Å². The van der Waals surface area contributed by atoms with E-state index in [2.05, 4.69) is 15.9 Å². The Morgan fingerprint density at radius 1 is 1.43 bits per heavy atom. The molecule has 0 aliphatic heterocycles. The lowest BCUT2D eigenvalue weighted by atomic mass is 10.2. The van der Waals surface area contributed by atoms with Gasteiger partial charge in [0.25, 0.3) is 0 Å². The molecular weight excluding hydrogens is 386 g/mol. The van der Waals surface area contributed by atoms with Crippen LogP contribution < -0.4 is 0 Å². The summed E-state index contributed by atoms with van der Waals surface area (Å²) in [5.41, 5.74) is -0.288. The Hall–Kier alpha value is -0.670. The first-order valence-corrected chi connectivity index (χ1v) is 8.75. The number of aromatic carboxylic acids is 1. The monoisotopic (exact) mass is 397 g/mol. The van der Waals surface area contributed by atoms with Crippen molar-refractivity contribution < 1.29 is 23.4 Å². The van der Waals surface area contributed by atoms with Crippen LogP contribution in [0.4, 0.5) is 0 Å². The van der Waals surface area contributed by atoms with Crippen LogP contribution in [0.15, 0.2) is 21.5 Å². The number of carbonyl (C=O) groups is 1. The van der Waals surface area contributed by atoms with E-state index in [1.807, 2.05) is 0 Å². The Bertz CT molecular complexity index is 674. The highest BCUT2D eigenvalue weighted by atomic mass is 79.9. The number of halogens is 2. The second-order valence-electron chi connectivity index (χ2n) is 4.64. The number of carboxylic acids is 1. The molecule has 1 saturated carbocycles. The molecule has 1 aliphatic carbocycles. The fourth-order valence-corrected chi connectivity index (χ4v) is 4.50. The molecule has 0 amide bonds. The Balaban J connectivity index is 2.51. The van der Waals surface area contributed by atoms with E-state index >= 15 is 0 Å². The maximum atomic E-state index is 12.6. The second kappa shape index (κ2) is 6.21. The molecule has 0 saturated heterocycles. The minimum absolute atomic E-state index is 0.0182. The lowest BCUT2D eigenvalue weighted by molar-refractivity contribution is 0.0696. The van der Waals surface area contributed by atoms with Gasteiger partial charge < -0.3 is 10.2 Å². The molecule has 1 fully saturated rings. The van der Waals surface area contributed by atoms with E-state index in [0.29, 0.717) is 0 Å². The fourth-order valence-electron chi connectivity index (χ4n) is 1.96. The summed E-state index contributed by atoms with van der Waals surface area (Å²) in [5, 5.41) is 18.1. The molecule has 21 heavy (non-hydrogen) atoms. The highest BCUT2D eigenvalue weighted by Crippen LogP contribution is 2.35. The molecule has 6 nitrogen and oxygen atoms in total. The minimum atomic E-state index is -3.87. The predicted octanol–water partition coefficient (Wildman–Crippen LogP) is 1.95. The third-order valence-electron chi connectivity index (χ3n) is 3.11. The Morgan fingerprint density at radius 3 is 2.52 bits per heavy atom. The summed E-state index contributed by atoms with van der Waals surface area (Å²) in [5.74, 6) is -1.31. The summed E-state index contributed by atoms with van der Waals surface area (Å²) >= 11 is 8.92.